The Morgan fingerprint density at radius 3 is 2.82 bits per heavy atom. The van der Waals surface area contributed by atoms with Crippen LogP contribution in [0, 0.1) is 29.6 Å². The largest absolute Gasteiger partial charge is 0.484 e. The SMILES string of the molecule is Cc1cc(OCC(=O)Nc2sc3c(c2C#N)CC[C@@H](C(C)(C)C)C3)ccc1Cl. The summed E-state index contributed by atoms with van der Waals surface area (Å²) in [6.45, 7) is 8.56. The number of carbonyl (C=O) groups is 1. The molecule has 148 valence electrons. The van der Waals surface area contributed by atoms with Crippen LogP contribution in [0.2, 0.25) is 5.02 Å². The maximum atomic E-state index is 12.4. The van der Waals surface area contributed by atoms with E-state index in [0.717, 1.165) is 30.4 Å². The molecule has 0 radical (unpaired) electrons. The van der Waals surface area contributed by atoms with Crippen molar-refractivity contribution in [1.82, 2.24) is 0 Å². The van der Waals surface area contributed by atoms with Gasteiger partial charge in [0.2, 0.25) is 0 Å². The predicted octanol–water partition coefficient (Wildman–Crippen LogP) is 5.75. The lowest BCUT2D eigenvalue weighted by Crippen LogP contribution is -2.26. The maximum absolute atomic E-state index is 12.4. The lowest BCUT2D eigenvalue weighted by molar-refractivity contribution is -0.118. The highest BCUT2D eigenvalue weighted by Crippen LogP contribution is 2.43. The Kier molecular flexibility index (Phi) is 6.02. The van der Waals surface area contributed by atoms with Crippen molar-refractivity contribution in [1.29, 1.82) is 5.26 Å². The molecule has 1 aromatic heterocycles. The first kappa shape index (κ1) is 20.7. The van der Waals surface area contributed by atoms with Gasteiger partial charge in [-0.15, -0.1) is 11.3 Å². The molecule has 1 aliphatic carbocycles. The second-order valence-corrected chi connectivity index (χ2v) is 9.89. The lowest BCUT2D eigenvalue weighted by atomic mass is 9.72. The molecule has 1 amide bonds. The molecule has 0 spiro atoms. The van der Waals surface area contributed by atoms with Crippen molar-refractivity contribution < 1.29 is 9.53 Å². The lowest BCUT2D eigenvalue weighted by Gasteiger charge is -2.33. The van der Waals surface area contributed by atoms with Crippen LogP contribution in [0.3, 0.4) is 0 Å². The fraction of sp³-hybridized carbons (Fsp3) is 0.455. The van der Waals surface area contributed by atoms with Gasteiger partial charge in [-0.2, -0.15) is 5.26 Å². The number of hydrogen-bond acceptors (Lipinski definition) is 4. The number of nitriles is 1. The number of ether oxygens (including phenoxy) is 1. The number of nitrogens with one attached hydrogen (secondary N) is 1. The van der Waals surface area contributed by atoms with Gasteiger partial charge >= 0.3 is 0 Å². The van der Waals surface area contributed by atoms with Crippen molar-refractivity contribution in [3.8, 4) is 11.8 Å². The number of carbonyl (C=O) groups excluding carboxylic acids is 1. The van der Waals surface area contributed by atoms with Crippen LogP contribution in [0.25, 0.3) is 0 Å². The molecule has 0 aliphatic heterocycles. The number of amides is 1. The van der Waals surface area contributed by atoms with E-state index in [9.17, 15) is 10.1 Å². The molecule has 6 heteroatoms. The van der Waals surface area contributed by atoms with Gasteiger partial charge in [-0.1, -0.05) is 32.4 Å². The standard InChI is InChI=1S/C22H25ClN2O2S/c1-13-9-15(6-8-18(13)23)27-12-20(26)25-21-17(11-24)16-7-5-14(22(2,3)4)10-19(16)28-21/h6,8-9,14H,5,7,10,12H2,1-4H3,(H,25,26)/t14-/m1/s1. The average Bonchev–Trinajstić information content (AvgIpc) is 2.98. The highest BCUT2D eigenvalue weighted by atomic mass is 35.5. The molecule has 0 saturated heterocycles. The van der Waals surface area contributed by atoms with E-state index in [0.29, 0.717) is 27.3 Å². The second-order valence-electron chi connectivity index (χ2n) is 8.37. The summed E-state index contributed by atoms with van der Waals surface area (Å²) in [7, 11) is 0. The summed E-state index contributed by atoms with van der Waals surface area (Å²) in [6.07, 6.45) is 2.94. The third-order valence-corrected chi connectivity index (χ3v) is 6.95. The van der Waals surface area contributed by atoms with Crippen molar-refractivity contribution in [3.63, 3.8) is 0 Å². The van der Waals surface area contributed by atoms with Gasteiger partial charge in [0.15, 0.2) is 6.61 Å². The van der Waals surface area contributed by atoms with Crippen LogP contribution in [-0.2, 0) is 17.6 Å². The van der Waals surface area contributed by atoms with Gasteiger partial charge in [0.25, 0.3) is 5.91 Å². The van der Waals surface area contributed by atoms with Crippen LogP contribution < -0.4 is 10.1 Å². The summed E-state index contributed by atoms with van der Waals surface area (Å²) in [5.74, 6) is 0.913. The molecule has 1 atom stereocenters. The first-order chi connectivity index (χ1) is 13.2. The first-order valence-electron chi connectivity index (χ1n) is 9.42. The third-order valence-electron chi connectivity index (χ3n) is 5.35. The Balaban J connectivity index is 1.69. The summed E-state index contributed by atoms with van der Waals surface area (Å²) in [6, 6.07) is 7.57. The quantitative estimate of drug-likeness (QED) is 0.690. The Bertz CT molecular complexity index is 937. The Morgan fingerprint density at radius 2 is 2.18 bits per heavy atom. The van der Waals surface area contributed by atoms with Crippen molar-refractivity contribution in [2.45, 2.75) is 47.0 Å². The zero-order valence-electron chi connectivity index (χ0n) is 16.7. The molecule has 2 aromatic rings. The van der Waals surface area contributed by atoms with Crippen LogP contribution in [0.15, 0.2) is 18.2 Å². The summed E-state index contributed by atoms with van der Waals surface area (Å²) < 4.78 is 5.56. The van der Waals surface area contributed by atoms with Gasteiger partial charge in [-0.25, -0.2) is 0 Å². The average molecular weight is 417 g/mol. The van der Waals surface area contributed by atoms with Crippen molar-refractivity contribution in [3.05, 3.63) is 44.8 Å². The number of thiophene rings is 1. The van der Waals surface area contributed by atoms with Crippen molar-refractivity contribution in [2.24, 2.45) is 11.3 Å². The number of benzene rings is 1. The Labute approximate surface area is 175 Å². The molecule has 0 bridgehead atoms. The number of aryl methyl sites for hydroxylation is 1. The van der Waals surface area contributed by atoms with Crippen LogP contribution in [0.4, 0.5) is 5.00 Å². The molecular formula is C22H25ClN2O2S. The van der Waals surface area contributed by atoms with E-state index in [1.807, 2.05) is 6.92 Å². The summed E-state index contributed by atoms with van der Waals surface area (Å²) in [5, 5.41) is 13.8. The predicted molar refractivity (Wildman–Crippen MR) is 114 cm³/mol. The van der Waals surface area contributed by atoms with Gasteiger partial charge in [0.1, 0.15) is 16.8 Å². The smallest absolute Gasteiger partial charge is 0.262 e. The van der Waals surface area contributed by atoms with Crippen molar-refractivity contribution in [2.75, 3.05) is 11.9 Å². The van der Waals surface area contributed by atoms with Crippen molar-refractivity contribution >= 4 is 33.8 Å². The maximum Gasteiger partial charge on any atom is 0.262 e. The summed E-state index contributed by atoms with van der Waals surface area (Å²) in [5.41, 5.74) is 2.86. The van der Waals surface area contributed by atoms with E-state index in [4.69, 9.17) is 16.3 Å². The number of anilines is 1. The van der Waals surface area contributed by atoms with E-state index in [1.165, 1.54) is 16.2 Å². The topological polar surface area (TPSA) is 62.1 Å². The number of hydrogen-bond donors (Lipinski definition) is 1. The molecule has 28 heavy (non-hydrogen) atoms. The van der Waals surface area contributed by atoms with Gasteiger partial charge in [0, 0.05) is 9.90 Å². The fourth-order valence-electron chi connectivity index (χ4n) is 3.55. The van der Waals surface area contributed by atoms with E-state index < -0.39 is 0 Å². The van der Waals surface area contributed by atoms with Gasteiger partial charge in [-0.05, 0) is 66.8 Å². The third kappa shape index (κ3) is 4.51. The van der Waals surface area contributed by atoms with Gasteiger partial charge in [0.05, 0.1) is 5.56 Å². The second kappa shape index (κ2) is 8.14. The fourth-order valence-corrected chi connectivity index (χ4v) is 4.96. The highest BCUT2D eigenvalue weighted by molar-refractivity contribution is 7.16. The summed E-state index contributed by atoms with van der Waals surface area (Å²) in [4.78, 5) is 13.6. The van der Waals surface area contributed by atoms with E-state index >= 15 is 0 Å². The normalized spacial score (nSPS) is 16.2. The molecule has 1 N–H and O–H groups in total. The minimum absolute atomic E-state index is 0.112. The Hall–Kier alpha value is -2.03. The number of rotatable bonds is 4. The van der Waals surface area contributed by atoms with Crippen LogP contribution in [-0.4, -0.2) is 12.5 Å². The number of fused-ring (bicyclic) bond motifs is 1. The molecule has 3 rings (SSSR count). The van der Waals surface area contributed by atoms with Gasteiger partial charge < -0.3 is 10.1 Å². The van der Waals surface area contributed by atoms with E-state index in [-0.39, 0.29) is 17.9 Å². The number of halogens is 1. The first-order valence-corrected chi connectivity index (χ1v) is 10.6. The minimum atomic E-state index is -0.268. The molecule has 1 heterocycles. The summed E-state index contributed by atoms with van der Waals surface area (Å²) >= 11 is 7.54. The molecule has 1 aromatic carbocycles. The molecule has 0 saturated carbocycles. The number of nitrogens with zero attached hydrogens (tertiary/aromatic N) is 1. The molecule has 0 fully saturated rings. The molecular weight excluding hydrogens is 392 g/mol. The molecule has 0 unspecified atom stereocenters. The minimum Gasteiger partial charge on any atom is -0.484 e. The zero-order chi connectivity index (χ0) is 20.5. The molecule has 1 aliphatic rings. The van der Waals surface area contributed by atoms with E-state index in [1.54, 1.807) is 18.2 Å². The monoisotopic (exact) mass is 416 g/mol. The van der Waals surface area contributed by atoms with Gasteiger partial charge in [-0.3, -0.25) is 4.79 Å². The van der Waals surface area contributed by atoms with Crippen LogP contribution >= 0.6 is 22.9 Å². The van der Waals surface area contributed by atoms with Crippen LogP contribution in [0.1, 0.15) is 48.8 Å². The van der Waals surface area contributed by atoms with Crippen LogP contribution in [0.5, 0.6) is 5.75 Å². The Morgan fingerprint density at radius 1 is 1.43 bits per heavy atom. The molecule has 4 nitrogen and oxygen atoms in total. The zero-order valence-corrected chi connectivity index (χ0v) is 18.3. The highest BCUT2D eigenvalue weighted by Gasteiger charge is 2.32. The van der Waals surface area contributed by atoms with E-state index in [2.05, 4.69) is 32.2 Å².